The summed E-state index contributed by atoms with van der Waals surface area (Å²) in [6.45, 7) is 5.34. The molecule has 0 atom stereocenters. The van der Waals surface area contributed by atoms with Crippen LogP contribution in [0.4, 0.5) is 11.6 Å². The number of rotatable bonds is 5. The van der Waals surface area contributed by atoms with Crippen molar-refractivity contribution < 1.29 is 0 Å². The molecule has 18 heavy (non-hydrogen) atoms. The lowest BCUT2D eigenvalue weighted by molar-refractivity contribution is 0.545. The van der Waals surface area contributed by atoms with E-state index in [1.807, 2.05) is 6.07 Å². The van der Waals surface area contributed by atoms with Crippen molar-refractivity contribution in [1.29, 1.82) is 0 Å². The lowest BCUT2D eigenvalue weighted by atomic mass is 10.1. The maximum atomic E-state index is 4.36. The van der Waals surface area contributed by atoms with Crippen molar-refractivity contribution >= 4 is 11.6 Å². The van der Waals surface area contributed by atoms with Gasteiger partial charge in [0.25, 0.3) is 0 Å². The van der Waals surface area contributed by atoms with Gasteiger partial charge in [-0.15, -0.1) is 0 Å². The third kappa shape index (κ3) is 3.59. The molecular weight excluding hydrogens is 224 g/mol. The summed E-state index contributed by atoms with van der Waals surface area (Å²) in [4.78, 5) is 10.9. The van der Waals surface area contributed by atoms with E-state index in [2.05, 4.69) is 41.1 Å². The predicted octanol–water partition coefficient (Wildman–Crippen LogP) is 2.92. The van der Waals surface area contributed by atoms with Gasteiger partial charge in [-0.2, -0.15) is 0 Å². The van der Waals surface area contributed by atoms with Crippen LogP contribution < -0.4 is 10.2 Å². The van der Waals surface area contributed by atoms with E-state index >= 15 is 0 Å². The zero-order valence-electron chi connectivity index (χ0n) is 11.7. The van der Waals surface area contributed by atoms with E-state index in [1.54, 1.807) is 6.33 Å². The molecule has 0 spiro atoms. The molecule has 100 valence electrons. The summed E-state index contributed by atoms with van der Waals surface area (Å²) in [6.07, 6.45) is 7.16. The topological polar surface area (TPSA) is 41.0 Å². The van der Waals surface area contributed by atoms with E-state index in [-0.39, 0.29) is 0 Å². The van der Waals surface area contributed by atoms with Crippen LogP contribution in [0.2, 0.25) is 0 Å². The van der Waals surface area contributed by atoms with E-state index in [9.17, 15) is 0 Å². The van der Waals surface area contributed by atoms with Gasteiger partial charge in [0.1, 0.15) is 18.0 Å². The van der Waals surface area contributed by atoms with Crippen molar-refractivity contribution in [1.82, 2.24) is 9.97 Å². The molecular formula is C14H24N4. The van der Waals surface area contributed by atoms with Crippen LogP contribution in [-0.4, -0.2) is 29.6 Å². The van der Waals surface area contributed by atoms with Gasteiger partial charge in [0.05, 0.1) is 0 Å². The molecule has 1 aromatic rings. The molecule has 1 N–H and O–H groups in total. The highest BCUT2D eigenvalue weighted by molar-refractivity contribution is 5.48. The Kier molecular flexibility index (Phi) is 4.39. The van der Waals surface area contributed by atoms with Crippen LogP contribution in [0, 0.1) is 5.92 Å². The molecule has 1 fully saturated rings. The maximum absolute atomic E-state index is 4.36. The summed E-state index contributed by atoms with van der Waals surface area (Å²) in [5, 5.41) is 3.32. The van der Waals surface area contributed by atoms with Crippen molar-refractivity contribution in [2.45, 2.75) is 45.6 Å². The first kappa shape index (κ1) is 13.1. The first-order valence-corrected chi connectivity index (χ1v) is 6.95. The van der Waals surface area contributed by atoms with Gasteiger partial charge in [-0.1, -0.05) is 12.8 Å². The van der Waals surface area contributed by atoms with Gasteiger partial charge in [-0.05, 0) is 32.6 Å². The normalized spacial score (nSPS) is 16.2. The molecule has 1 aliphatic rings. The second-order valence-corrected chi connectivity index (χ2v) is 5.59. The zero-order chi connectivity index (χ0) is 13.0. The molecule has 4 heteroatoms. The Morgan fingerprint density at radius 1 is 1.33 bits per heavy atom. The molecule has 0 radical (unpaired) electrons. The minimum Gasteiger partial charge on any atom is -0.368 e. The summed E-state index contributed by atoms with van der Waals surface area (Å²) in [5.41, 5.74) is 0. The molecule has 1 heterocycles. The Bertz CT molecular complexity index is 372. The average Bonchev–Trinajstić information content (AvgIpc) is 2.81. The first-order chi connectivity index (χ1) is 8.65. The molecule has 0 unspecified atom stereocenters. The molecule has 0 aromatic carbocycles. The Hall–Kier alpha value is -1.32. The number of hydrogen-bond acceptors (Lipinski definition) is 4. The third-order valence-electron chi connectivity index (χ3n) is 3.49. The van der Waals surface area contributed by atoms with Crippen LogP contribution in [-0.2, 0) is 0 Å². The SMILES string of the molecule is CC(C)Nc1cc(N(C)CC2CCCC2)ncn1. The molecule has 0 saturated heterocycles. The quantitative estimate of drug-likeness (QED) is 0.870. The van der Waals surface area contributed by atoms with Gasteiger partial charge in [0.15, 0.2) is 0 Å². The number of anilines is 2. The van der Waals surface area contributed by atoms with Crippen LogP contribution >= 0.6 is 0 Å². The fraction of sp³-hybridized carbons (Fsp3) is 0.714. The monoisotopic (exact) mass is 248 g/mol. The highest BCUT2D eigenvalue weighted by Gasteiger charge is 2.17. The lowest BCUT2D eigenvalue weighted by Gasteiger charge is -2.22. The number of nitrogens with zero attached hydrogens (tertiary/aromatic N) is 3. The lowest BCUT2D eigenvalue weighted by Crippen LogP contribution is -2.25. The van der Waals surface area contributed by atoms with E-state index in [0.29, 0.717) is 6.04 Å². The second kappa shape index (κ2) is 6.03. The predicted molar refractivity (Wildman–Crippen MR) is 76.0 cm³/mol. The number of nitrogens with one attached hydrogen (secondary N) is 1. The van der Waals surface area contributed by atoms with Crippen LogP contribution in [0.25, 0.3) is 0 Å². The minimum atomic E-state index is 0.396. The first-order valence-electron chi connectivity index (χ1n) is 6.95. The molecule has 1 saturated carbocycles. The van der Waals surface area contributed by atoms with Gasteiger partial charge >= 0.3 is 0 Å². The Morgan fingerprint density at radius 3 is 2.72 bits per heavy atom. The molecule has 0 amide bonds. The summed E-state index contributed by atoms with van der Waals surface area (Å²) >= 11 is 0. The highest BCUT2D eigenvalue weighted by Crippen LogP contribution is 2.26. The van der Waals surface area contributed by atoms with E-state index in [1.165, 1.54) is 25.7 Å². The highest BCUT2D eigenvalue weighted by atomic mass is 15.2. The Balaban J connectivity index is 1.98. The maximum Gasteiger partial charge on any atom is 0.133 e. The largest absolute Gasteiger partial charge is 0.368 e. The molecule has 1 aliphatic carbocycles. The summed E-state index contributed by atoms with van der Waals surface area (Å²) in [5.74, 6) is 2.76. The summed E-state index contributed by atoms with van der Waals surface area (Å²) in [6, 6.07) is 2.43. The smallest absolute Gasteiger partial charge is 0.133 e. The van der Waals surface area contributed by atoms with Gasteiger partial charge < -0.3 is 10.2 Å². The average molecular weight is 248 g/mol. The second-order valence-electron chi connectivity index (χ2n) is 5.59. The van der Waals surface area contributed by atoms with Gasteiger partial charge in [0, 0.05) is 25.7 Å². The van der Waals surface area contributed by atoms with Crippen molar-refractivity contribution in [3.05, 3.63) is 12.4 Å². The molecule has 1 aromatic heterocycles. The van der Waals surface area contributed by atoms with Crippen LogP contribution in [0.1, 0.15) is 39.5 Å². The molecule has 0 bridgehead atoms. The van der Waals surface area contributed by atoms with E-state index < -0.39 is 0 Å². The van der Waals surface area contributed by atoms with Crippen molar-refractivity contribution in [2.24, 2.45) is 5.92 Å². The Labute approximate surface area is 110 Å². The minimum absolute atomic E-state index is 0.396. The summed E-state index contributed by atoms with van der Waals surface area (Å²) in [7, 11) is 2.12. The molecule has 2 rings (SSSR count). The third-order valence-corrected chi connectivity index (χ3v) is 3.49. The van der Waals surface area contributed by atoms with Gasteiger partial charge in [0.2, 0.25) is 0 Å². The van der Waals surface area contributed by atoms with E-state index in [4.69, 9.17) is 0 Å². The van der Waals surface area contributed by atoms with Crippen molar-refractivity contribution in [3.63, 3.8) is 0 Å². The van der Waals surface area contributed by atoms with Gasteiger partial charge in [-0.3, -0.25) is 0 Å². The standard InChI is InChI=1S/C14H24N4/c1-11(2)17-13-8-14(16-10-15-13)18(3)9-12-6-4-5-7-12/h8,10-12H,4-7,9H2,1-3H3,(H,15,16,17). The Morgan fingerprint density at radius 2 is 2.06 bits per heavy atom. The molecule has 0 aliphatic heterocycles. The van der Waals surface area contributed by atoms with E-state index in [0.717, 1.165) is 24.1 Å². The van der Waals surface area contributed by atoms with Crippen molar-refractivity contribution in [2.75, 3.05) is 23.8 Å². The van der Waals surface area contributed by atoms with Crippen LogP contribution in [0.5, 0.6) is 0 Å². The van der Waals surface area contributed by atoms with Crippen LogP contribution in [0.3, 0.4) is 0 Å². The fourth-order valence-corrected chi connectivity index (χ4v) is 2.60. The summed E-state index contributed by atoms with van der Waals surface area (Å²) < 4.78 is 0. The number of hydrogen-bond donors (Lipinski definition) is 1. The molecule has 4 nitrogen and oxygen atoms in total. The van der Waals surface area contributed by atoms with Gasteiger partial charge in [-0.25, -0.2) is 9.97 Å². The van der Waals surface area contributed by atoms with Crippen LogP contribution in [0.15, 0.2) is 12.4 Å². The fourth-order valence-electron chi connectivity index (χ4n) is 2.60. The zero-order valence-corrected chi connectivity index (χ0v) is 11.7. The number of aromatic nitrogens is 2. The van der Waals surface area contributed by atoms with Crippen molar-refractivity contribution in [3.8, 4) is 0 Å².